The first-order valence-corrected chi connectivity index (χ1v) is 4.72. The highest BCUT2D eigenvalue weighted by Crippen LogP contribution is 2.35. The minimum Gasteiger partial charge on any atom is -0.291 e. The molecular formula is C10H11N3. The average molecular weight is 173 g/mol. The van der Waals surface area contributed by atoms with E-state index in [4.69, 9.17) is 0 Å². The third-order valence-electron chi connectivity index (χ3n) is 2.84. The van der Waals surface area contributed by atoms with Crippen LogP contribution >= 0.6 is 0 Å². The SMILES string of the molecule is c1cn2cc(C3CCC3)cnc2n1. The Hall–Kier alpha value is -1.38. The number of hydrogen-bond donors (Lipinski definition) is 0. The van der Waals surface area contributed by atoms with Crippen LogP contribution in [0.4, 0.5) is 0 Å². The van der Waals surface area contributed by atoms with E-state index in [2.05, 4.69) is 16.2 Å². The van der Waals surface area contributed by atoms with Crippen LogP contribution in [-0.2, 0) is 0 Å². The Bertz CT molecular complexity index is 428. The molecule has 0 bridgehead atoms. The Morgan fingerprint density at radius 1 is 1.31 bits per heavy atom. The molecule has 3 rings (SSSR count). The number of imidazole rings is 1. The average Bonchev–Trinajstić information content (AvgIpc) is 2.47. The van der Waals surface area contributed by atoms with E-state index in [-0.39, 0.29) is 0 Å². The molecule has 13 heavy (non-hydrogen) atoms. The first-order valence-electron chi connectivity index (χ1n) is 4.72. The molecule has 1 aliphatic carbocycles. The number of rotatable bonds is 1. The van der Waals surface area contributed by atoms with Crippen LogP contribution in [0.5, 0.6) is 0 Å². The molecule has 1 saturated carbocycles. The van der Waals surface area contributed by atoms with Crippen molar-refractivity contribution in [3.05, 3.63) is 30.4 Å². The fraction of sp³-hybridized carbons (Fsp3) is 0.400. The van der Waals surface area contributed by atoms with E-state index in [1.807, 2.05) is 16.8 Å². The van der Waals surface area contributed by atoms with E-state index < -0.39 is 0 Å². The summed E-state index contributed by atoms with van der Waals surface area (Å²) in [5.41, 5.74) is 1.36. The molecule has 2 aromatic heterocycles. The lowest BCUT2D eigenvalue weighted by Gasteiger charge is -2.25. The number of nitrogens with zero attached hydrogens (tertiary/aromatic N) is 3. The van der Waals surface area contributed by atoms with Gasteiger partial charge in [-0.1, -0.05) is 6.42 Å². The van der Waals surface area contributed by atoms with Gasteiger partial charge in [0.15, 0.2) is 0 Å². The third kappa shape index (κ3) is 1.03. The minimum absolute atomic E-state index is 0.749. The second kappa shape index (κ2) is 2.55. The lowest BCUT2D eigenvalue weighted by molar-refractivity contribution is 0.417. The molecule has 3 heteroatoms. The van der Waals surface area contributed by atoms with Crippen molar-refractivity contribution in [2.75, 3.05) is 0 Å². The van der Waals surface area contributed by atoms with E-state index >= 15 is 0 Å². The highest BCUT2D eigenvalue weighted by Gasteiger charge is 2.19. The summed E-state index contributed by atoms with van der Waals surface area (Å²) in [6, 6.07) is 0. The summed E-state index contributed by atoms with van der Waals surface area (Å²) in [5, 5.41) is 0. The molecule has 0 spiro atoms. The van der Waals surface area contributed by atoms with Crippen molar-refractivity contribution < 1.29 is 0 Å². The highest BCUT2D eigenvalue weighted by atomic mass is 15.1. The zero-order valence-electron chi connectivity index (χ0n) is 7.35. The first-order chi connectivity index (χ1) is 6.43. The maximum Gasteiger partial charge on any atom is 0.233 e. The van der Waals surface area contributed by atoms with E-state index in [1.165, 1.54) is 24.8 Å². The summed E-state index contributed by atoms with van der Waals surface area (Å²) in [4.78, 5) is 8.41. The quantitative estimate of drug-likeness (QED) is 0.660. The standard InChI is InChI=1S/C10H11N3/c1-2-8(3-1)9-6-12-10-11-4-5-13(10)7-9/h4-8H,1-3H2. The maximum atomic E-state index is 4.30. The van der Waals surface area contributed by atoms with Crippen LogP contribution in [0.25, 0.3) is 5.78 Å². The fourth-order valence-electron chi connectivity index (χ4n) is 1.78. The summed E-state index contributed by atoms with van der Waals surface area (Å²) in [7, 11) is 0. The van der Waals surface area contributed by atoms with Crippen molar-refractivity contribution in [1.82, 2.24) is 14.4 Å². The van der Waals surface area contributed by atoms with Crippen molar-refractivity contribution in [1.29, 1.82) is 0 Å². The van der Waals surface area contributed by atoms with Crippen molar-refractivity contribution in [2.45, 2.75) is 25.2 Å². The molecule has 1 aliphatic rings. The van der Waals surface area contributed by atoms with Gasteiger partial charge in [0.1, 0.15) is 0 Å². The first kappa shape index (κ1) is 7.06. The number of hydrogen-bond acceptors (Lipinski definition) is 2. The predicted molar refractivity (Wildman–Crippen MR) is 49.6 cm³/mol. The lowest BCUT2D eigenvalue weighted by atomic mass is 9.81. The van der Waals surface area contributed by atoms with Gasteiger partial charge in [-0.25, -0.2) is 9.97 Å². The van der Waals surface area contributed by atoms with Crippen LogP contribution in [0.15, 0.2) is 24.8 Å². The van der Waals surface area contributed by atoms with E-state index in [9.17, 15) is 0 Å². The smallest absolute Gasteiger partial charge is 0.233 e. The molecular weight excluding hydrogens is 162 g/mol. The molecule has 2 aromatic rings. The number of aromatic nitrogens is 3. The van der Waals surface area contributed by atoms with Crippen LogP contribution in [0.2, 0.25) is 0 Å². The van der Waals surface area contributed by atoms with Gasteiger partial charge in [-0.2, -0.15) is 0 Å². The largest absolute Gasteiger partial charge is 0.291 e. The molecule has 66 valence electrons. The van der Waals surface area contributed by atoms with Gasteiger partial charge >= 0.3 is 0 Å². The summed E-state index contributed by atoms with van der Waals surface area (Å²) in [6.07, 6.45) is 11.9. The molecule has 0 radical (unpaired) electrons. The molecule has 0 aromatic carbocycles. The van der Waals surface area contributed by atoms with E-state index in [1.54, 1.807) is 6.20 Å². The number of fused-ring (bicyclic) bond motifs is 1. The zero-order valence-corrected chi connectivity index (χ0v) is 7.35. The zero-order chi connectivity index (χ0) is 8.67. The van der Waals surface area contributed by atoms with Crippen LogP contribution in [0.1, 0.15) is 30.7 Å². The summed E-state index contributed by atoms with van der Waals surface area (Å²) in [6.45, 7) is 0. The van der Waals surface area contributed by atoms with Gasteiger partial charge in [-0.05, 0) is 24.3 Å². The highest BCUT2D eigenvalue weighted by molar-refractivity contribution is 5.30. The van der Waals surface area contributed by atoms with E-state index in [0.29, 0.717) is 0 Å². The van der Waals surface area contributed by atoms with Gasteiger partial charge in [0.2, 0.25) is 5.78 Å². The van der Waals surface area contributed by atoms with Crippen LogP contribution in [-0.4, -0.2) is 14.4 Å². The molecule has 0 aliphatic heterocycles. The topological polar surface area (TPSA) is 30.2 Å². The third-order valence-corrected chi connectivity index (χ3v) is 2.84. The maximum absolute atomic E-state index is 4.30. The normalized spacial score (nSPS) is 17.5. The monoisotopic (exact) mass is 173 g/mol. The molecule has 0 amide bonds. The molecule has 0 unspecified atom stereocenters. The predicted octanol–water partition coefficient (Wildman–Crippen LogP) is 2.00. The summed E-state index contributed by atoms with van der Waals surface area (Å²) >= 11 is 0. The molecule has 0 saturated heterocycles. The molecule has 0 N–H and O–H groups in total. The molecule has 3 nitrogen and oxygen atoms in total. The van der Waals surface area contributed by atoms with Gasteiger partial charge < -0.3 is 0 Å². The van der Waals surface area contributed by atoms with Crippen molar-refractivity contribution in [2.24, 2.45) is 0 Å². The van der Waals surface area contributed by atoms with Gasteiger partial charge in [0.25, 0.3) is 0 Å². The van der Waals surface area contributed by atoms with Crippen molar-refractivity contribution in [3.8, 4) is 0 Å². The Morgan fingerprint density at radius 2 is 2.23 bits per heavy atom. The summed E-state index contributed by atoms with van der Waals surface area (Å²) in [5.74, 6) is 1.54. The second-order valence-electron chi connectivity index (χ2n) is 3.65. The minimum atomic E-state index is 0.749. The van der Waals surface area contributed by atoms with Gasteiger partial charge in [0.05, 0.1) is 0 Å². The van der Waals surface area contributed by atoms with Crippen LogP contribution in [0.3, 0.4) is 0 Å². The van der Waals surface area contributed by atoms with Gasteiger partial charge in [-0.15, -0.1) is 0 Å². The van der Waals surface area contributed by atoms with Gasteiger partial charge in [0, 0.05) is 24.8 Å². The Morgan fingerprint density at radius 3 is 3.00 bits per heavy atom. The van der Waals surface area contributed by atoms with E-state index in [0.717, 1.165) is 11.7 Å². The molecule has 0 atom stereocenters. The fourth-order valence-corrected chi connectivity index (χ4v) is 1.78. The van der Waals surface area contributed by atoms with Crippen LogP contribution in [0, 0.1) is 0 Å². The Balaban J connectivity index is 2.09. The Labute approximate surface area is 76.4 Å². The Kier molecular flexibility index (Phi) is 1.39. The molecule has 2 heterocycles. The van der Waals surface area contributed by atoms with Crippen molar-refractivity contribution >= 4 is 5.78 Å². The lowest BCUT2D eigenvalue weighted by Crippen LogP contribution is -2.09. The van der Waals surface area contributed by atoms with Crippen molar-refractivity contribution in [3.63, 3.8) is 0 Å². The van der Waals surface area contributed by atoms with Crippen LogP contribution < -0.4 is 0 Å². The summed E-state index contributed by atoms with van der Waals surface area (Å²) < 4.78 is 1.99. The molecule has 1 fully saturated rings. The van der Waals surface area contributed by atoms with Gasteiger partial charge in [-0.3, -0.25) is 4.40 Å². The second-order valence-corrected chi connectivity index (χ2v) is 3.65.